The van der Waals surface area contributed by atoms with Gasteiger partial charge in [-0.25, -0.2) is 0 Å². The summed E-state index contributed by atoms with van der Waals surface area (Å²) in [4.78, 5) is 2.34. The number of hydrogen-bond acceptors (Lipinski definition) is 2. The fourth-order valence-electron chi connectivity index (χ4n) is 2.45. The second-order valence-electron chi connectivity index (χ2n) is 3.87. The van der Waals surface area contributed by atoms with Crippen LogP contribution in [0.15, 0.2) is 0 Å². The molecule has 0 bridgehead atoms. The van der Waals surface area contributed by atoms with Gasteiger partial charge in [0, 0.05) is 19.0 Å². The Kier molecular flexibility index (Phi) is 1.86. The van der Waals surface area contributed by atoms with E-state index in [0.29, 0.717) is 0 Å². The quantitative estimate of drug-likeness (QED) is 0.532. The van der Waals surface area contributed by atoms with Crippen molar-refractivity contribution in [3.63, 3.8) is 0 Å². The topological polar surface area (TPSA) is 23.5 Å². The third-order valence-electron chi connectivity index (χ3n) is 3.20. The molecule has 2 nitrogen and oxygen atoms in total. The van der Waals surface area contributed by atoms with E-state index in [4.69, 9.17) is 6.42 Å². The minimum absolute atomic E-state index is 0.247. The van der Waals surface area contributed by atoms with Gasteiger partial charge in [-0.15, -0.1) is 6.42 Å². The van der Waals surface area contributed by atoms with E-state index >= 15 is 0 Å². The first-order chi connectivity index (χ1) is 5.76. The van der Waals surface area contributed by atoms with E-state index in [0.717, 1.165) is 25.9 Å². The number of piperidine rings is 1. The van der Waals surface area contributed by atoms with Crippen molar-refractivity contribution >= 4 is 0 Å². The molecule has 0 aliphatic carbocycles. The monoisotopic (exact) mass is 165 g/mol. The molecule has 2 heterocycles. The fourth-order valence-corrected chi connectivity index (χ4v) is 2.45. The van der Waals surface area contributed by atoms with Gasteiger partial charge in [0.05, 0.1) is 0 Å². The second-order valence-corrected chi connectivity index (χ2v) is 3.87. The van der Waals surface area contributed by atoms with E-state index in [1.165, 1.54) is 12.8 Å². The largest absolute Gasteiger partial charge is 0.376 e. The molecule has 2 unspecified atom stereocenters. The van der Waals surface area contributed by atoms with E-state index in [1.54, 1.807) is 0 Å². The zero-order valence-electron chi connectivity index (χ0n) is 7.29. The predicted octanol–water partition coefficient (Wildman–Crippen LogP) is 0.609. The third-order valence-corrected chi connectivity index (χ3v) is 3.20. The maximum absolute atomic E-state index is 10.0. The molecule has 0 spiro atoms. The highest BCUT2D eigenvalue weighted by molar-refractivity contribution is 5.17. The van der Waals surface area contributed by atoms with Gasteiger partial charge in [0.2, 0.25) is 0 Å². The lowest BCUT2D eigenvalue weighted by atomic mass is 9.90. The molecule has 1 N–H and O–H groups in total. The minimum Gasteiger partial charge on any atom is -0.376 e. The molecular weight excluding hydrogens is 150 g/mol. The lowest BCUT2D eigenvalue weighted by Gasteiger charge is -2.34. The Balaban J connectivity index is 2.17. The molecule has 66 valence electrons. The molecule has 2 rings (SSSR count). The van der Waals surface area contributed by atoms with Crippen LogP contribution in [0.2, 0.25) is 0 Å². The Labute approximate surface area is 73.6 Å². The summed E-state index contributed by atoms with van der Waals surface area (Å²) in [6.07, 6.45) is 9.65. The Bertz CT molecular complexity index is 220. The van der Waals surface area contributed by atoms with Gasteiger partial charge in [0.15, 0.2) is 0 Å². The molecule has 0 aromatic rings. The van der Waals surface area contributed by atoms with E-state index in [1.807, 2.05) is 0 Å². The summed E-state index contributed by atoms with van der Waals surface area (Å²) in [7, 11) is 0. The van der Waals surface area contributed by atoms with Gasteiger partial charge in [-0.3, -0.25) is 4.90 Å². The van der Waals surface area contributed by atoms with Crippen molar-refractivity contribution < 1.29 is 5.11 Å². The smallest absolute Gasteiger partial charge is 0.141 e. The molecule has 2 aliphatic heterocycles. The number of hydrogen-bond donors (Lipinski definition) is 1. The molecule has 2 fully saturated rings. The molecule has 0 radical (unpaired) electrons. The van der Waals surface area contributed by atoms with Gasteiger partial charge in [0.1, 0.15) is 5.60 Å². The zero-order valence-corrected chi connectivity index (χ0v) is 7.29. The first-order valence-electron chi connectivity index (χ1n) is 4.70. The van der Waals surface area contributed by atoms with Crippen LogP contribution in [0.4, 0.5) is 0 Å². The van der Waals surface area contributed by atoms with Crippen LogP contribution in [0, 0.1) is 12.3 Å². The highest BCUT2D eigenvalue weighted by Gasteiger charge is 2.45. The Morgan fingerprint density at radius 1 is 1.42 bits per heavy atom. The number of nitrogens with zero attached hydrogens (tertiary/aromatic N) is 1. The van der Waals surface area contributed by atoms with E-state index in [9.17, 15) is 5.11 Å². The van der Waals surface area contributed by atoms with Crippen LogP contribution < -0.4 is 0 Å². The molecule has 2 saturated heterocycles. The van der Waals surface area contributed by atoms with Crippen molar-refractivity contribution in [2.45, 2.75) is 37.3 Å². The summed E-state index contributed by atoms with van der Waals surface area (Å²) in [6, 6.07) is 0.247. The van der Waals surface area contributed by atoms with Crippen LogP contribution in [-0.4, -0.2) is 34.7 Å². The Hall–Kier alpha value is -0.520. The first-order valence-corrected chi connectivity index (χ1v) is 4.70. The van der Waals surface area contributed by atoms with E-state index in [-0.39, 0.29) is 6.04 Å². The van der Waals surface area contributed by atoms with Crippen molar-refractivity contribution in [3.8, 4) is 12.3 Å². The maximum Gasteiger partial charge on any atom is 0.141 e. The summed E-state index contributed by atoms with van der Waals surface area (Å²) in [5.41, 5.74) is -0.819. The fraction of sp³-hybridized carbons (Fsp3) is 0.800. The molecule has 2 aliphatic rings. The molecule has 12 heavy (non-hydrogen) atoms. The molecule has 0 saturated carbocycles. The third kappa shape index (κ3) is 1.05. The van der Waals surface area contributed by atoms with Crippen LogP contribution in [0.5, 0.6) is 0 Å². The van der Waals surface area contributed by atoms with Gasteiger partial charge < -0.3 is 5.11 Å². The highest BCUT2D eigenvalue weighted by Crippen LogP contribution is 2.34. The predicted molar refractivity (Wildman–Crippen MR) is 47.6 cm³/mol. The summed E-state index contributed by atoms with van der Waals surface area (Å²) in [5, 5.41) is 10.0. The van der Waals surface area contributed by atoms with Crippen molar-refractivity contribution in [2.75, 3.05) is 13.1 Å². The molecule has 0 aromatic carbocycles. The zero-order chi connectivity index (χ0) is 8.60. The molecule has 0 aromatic heterocycles. The van der Waals surface area contributed by atoms with Gasteiger partial charge in [-0.05, 0) is 19.4 Å². The standard InChI is InChI=1S/C10H15NO/c1-2-10(12)6-8-11-7-4-3-5-9(10)11/h1,9,12H,3-8H2. The van der Waals surface area contributed by atoms with Crippen molar-refractivity contribution in [1.29, 1.82) is 0 Å². The first kappa shape index (κ1) is 8.10. The van der Waals surface area contributed by atoms with Crippen molar-refractivity contribution in [3.05, 3.63) is 0 Å². The van der Waals surface area contributed by atoms with Crippen LogP contribution in [-0.2, 0) is 0 Å². The van der Waals surface area contributed by atoms with Gasteiger partial charge in [-0.2, -0.15) is 0 Å². The Morgan fingerprint density at radius 2 is 2.25 bits per heavy atom. The molecular formula is C10H15NO. The van der Waals surface area contributed by atoms with Gasteiger partial charge >= 0.3 is 0 Å². The molecule has 2 atom stereocenters. The second kappa shape index (κ2) is 2.76. The van der Waals surface area contributed by atoms with Crippen molar-refractivity contribution in [1.82, 2.24) is 4.90 Å². The summed E-state index contributed by atoms with van der Waals surface area (Å²) < 4.78 is 0. The average molecular weight is 165 g/mol. The normalized spacial score (nSPS) is 42.2. The minimum atomic E-state index is -0.819. The van der Waals surface area contributed by atoms with E-state index in [2.05, 4.69) is 10.8 Å². The van der Waals surface area contributed by atoms with Gasteiger partial charge in [0.25, 0.3) is 0 Å². The number of rotatable bonds is 0. The molecule has 0 amide bonds. The van der Waals surface area contributed by atoms with Crippen LogP contribution in [0.1, 0.15) is 25.7 Å². The van der Waals surface area contributed by atoms with Crippen molar-refractivity contribution in [2.24, 2.45) is 0 Å². The van der Waals surface area contributed by atoms with Crippen LogP contribution >= 0.6 is 0 Å². The molecule has 2 heteroatoms. The van der Waals surface area contributed by atoms with E-state index < -0.39 is 5.60 Å². The number of aliphatic hydroxyl groups is 1. The lowest BCUT2D eigenvalue weighted by Crippen LogP contribution is -2.46. The number of terminal acetylenes is 1. The maximum atomic E-state index is 10.0. The Morgan fingerprint density at radius 3 is 3.00 bits per heavy atom. The highest BCUT2D eigenvalue weighted by atomic mass is 16.3. The summed E-state index contributed by atoms with van der Waals surface area (Å²) in [5.74, 6) is 2.55. The van der Waals surface area contributed by atoms with Crippen LogP contribution in [0.3, 0.4) is 0 Å². The lowest BCUT2D eigenvalue weighted by molar-refractivity contribution is 0.0388. The number of fused-ring (bicyclic) bond motifs is 1. The van der Waals surface area contributed by atoms with Gasteiger partial charge in [-0.1, -0.05) is 12.3 Å². The van der Waals surface area contributed by atoms with Crippen LogP contribution in [0.25, 0.3) is 0 Å². The SMILES string of the molecule is C#CC1(O)CCN2CCCCC21. The summed E-state index contributed by atoms with van der Waals surface area (Å²) >= 11 is 0. The summed E-state index contributed by atoms with van der Waals surface area (Å²) in [6.45, 7) is 2.10. The average Bonchev–Trinajstić information content (AvgIpc) is 2.46.